The molecule has 0 aliphatic carbocycles. The third-order valence-corrected chi connectivity index (χ3v) is 5.40. The van der Waals surface area contributed by atoms with Gasteiger partial charge in [0.15, 0.2) is 0 Å². The molecule has 1 aromatic heterocycles. The molecule has 4 heteroatoms. The van der Waals surface area contributed by atoms with Crippen molar-refractivity contribution in [3.63, 3.8) is 0 Å². The van der Waals surface area contributed by atoms with Gasteiger partial charge in [0.25, 0.3) is 0 Å². The van der Waals surface area contributed by atoms with Crippen molar-refractivity contribution in [3.05, 3.63) is 16.1 Å². The molecule has 0 unspecified atom stereocenters. The molecule has 0 atom stereocenters. The maximum Gasteiger partial charge on any atom is 0.0982 e. The first kappa shape index (κ1) is 15.9. The van der Waals surface area contributed by atoms with E-state index >= 15 is 0 Å². The summed E-state index contributed by atoms with van der Waals surface area (Å²) in [7, 11) is 0. The van der Waals surface area contributed by atoms with Crippen LogP contribution in [0, 0.1) is 5.92 Å². The second-order valence-corrected chi connectivity index (χ2v) is 7.76. The summed E-state index contributed by atoms with van der Waals surface area (Å²) in [5, 5.41) is 7.04. The van der Waals surface area contributed by atoms with Gasteiger partial charge in [-0.15, -0.1) is 11.3 Å². The number of nitrogens with one attached hydrogen (secondary N) is 1. The van der Waals surface area contributed by atoms with E-state index in [1.165, 1.54) is 43.2 Å². The molecule has 0 radical (unpaired) electrons. The lowest BCUT2D eigenvalue weighted by Crippen LogP contribution is -2.37. The van der Waals surface area contributed by atoms with Crippen LogP contribution in [-0.4, -0.2) is 36.1 Å². The summed E-state index contributed by atoms with van der Waals surface area (Å²) in [5.41, 5.74) is 1.38. The molecule has 2 heterocycles. The number of likely N-dealkylation sites (tertiary alicyclic amines) is 1. The van der Waals surface area contributed by atoms with Gasteiger partial charge in [-0.1, -0.05) is 27.7 Å². The van der Waals surface area contributed by atoms with E-state index in [0.717, 1.165) is 19.0 Å². The first-order valence-electron chi connectivity index (χ1n) is 7.87. The average molecular weight is 295 g/mol. The predicted molar refractivity (Wildman–Crippen MR) is 87.4 cm³/mol. The highest BCUT2D eigenvalue weighted by atomic mass is 32.1. The van der Waals surface area contributed by atoms with Gasteiger partial charge in [0, 0.05) is 17.3 Å². The minimum absolute atomic E-state index is 0.176. The smallest absolute Gasteiger partial charge is 0.0982 e. The van der Waals surface area contributed by atoms with Crippen LogP contribution >= 0.6 is 11.3 Å². The summed E-state index contributed by atoms with van der Waals surface area (Å²) in [6, 6.07) is 0. The quantitative estimate of drug-likeness (QED) is 0.903. The molecule has 114 valence electrons. The predicted octanol–water partition coefficient (Wildman–Crippen LogP) is 3.26. The van der Waals surface area contributed by atoms with Crippen LogP contribution < -0.4 is 5.32 Å². The molecule has 1 fully saturated rings. The third kappa shape index (κ3) is 4.54. The van der Waals surface area contributed by atoms with Crippen LogP contribution in [0.15, 0.2) is 5.38 Å². The summed E-state index contributed by atoms with van der Waals surface area (Å²) in [6.45, 7) is 14.7. The van der Waals surface area contributed by atoms with Gasteiger partial charge in [-0.05, 0) is 44.9 Å². The van der Waals surface area contributed by atoms with E-state index in [1.54, 1.807) is 11.3 Å². The fraction of sp³-hybridized carbons (Fsp3) is 0.812. The Bertz CT molecular complexity index is 400. The number of hydrogen-bond acceptors (Lipinski definition) is 4. The lowest BCUT2D eigenvalue weighted by Gasteiger charge is -2.31. The van der Waals surface area contributed by atoms with Crippen molar-refractivity contribution in [2.75, 3.05) is 26.2 Å². The zero-order chi connectivity index (χ0) is 14.6. The molecule has 2 rings (SSSR count). The number of aromatic nitrogens is 1. The lowest BCUT2D eigenvalue weighted by molar-refractivity contribution is 0.190. The number of rotatable bonds is 5. The topological polar surface area (TPSA) is 28.2 Å². The Balaban J connectivity index is 1.70. The number of piperidine rings is 1. The molecule has 1 N–H and O–H groups in total. The fourth-order valence-electron chi connectivity index (χ4n) is 2.64. The van der Waals surface area contributed by atoms with Gasteiger partial charge < -0.3 is 10.2 Å². The monoisotopic (exact) mass is 295 g/mol. The van der Waals surface area contributed by atoms with Gasteiger partial charge in [-0.2, -0.15) is 0 Å². The molecule has 0 aromatic carbocycles. The van der Waals surface area contributed by atoms with E-state index in [4.69, 9.17) is 4.98 Å². The number of thiazole rings is 1. The van der Waals surface area contributed by atoms with Crippen LogP contribution in [0.1, 0.15) is 51.2 Å². The lowest BCUT2D eigenvalue weighted by atomic mass is 9.97. The summed E-state index contributed by atoms with van der Waals surface area (Å²) in [4.78, 5) is 7.29. The van der Waals surface area contributed by atoms with E-state index in [-0.39, 0.29) is 5.41 Å². The van der Waals surface area contributed by atoms with Gasteiger partial charge in [-0.25, -0.2) is 4.98 Å². The standard InChI is InChI=1S/C16H29N3S/c1-5-19-8-6-13(7-9-19)10-17-11-14-12-20-15(18-14)16(2,3)4/h12-13,17H,5-11H2,1-4H3. The highest BCUT2D eigenvalue weighted by Gasteiger charge is 2.19. The van der Waals surface area contributed by atoms with Crippen molar-refractivity contribution in [1.82, 2.24) is 15.2 Å². The highest BCUT2D eigenvalue weighted by molar-refractivity contribution is 7.09. The number of nitrogens with zero attached hydrogens (tertiary/aromatic N) is 2. The number of hydrogen-bond donors (Lipinski definition) is 1. The van der Waals surface area contributed by atoms with Crippen LogP contribution in [0.2, 0.25) is 0 Å². The van der Waals surface area contributed by atoms with Crippen molar-refractivity contribution in [1.29, 1.82) is 0 Å². The Morgan fingerprint density at radius 2 is 2.05 bits per heavy atom. The zero-order valence-corrected chi connectivity index (χ0v) is 14.2. The molecule has 1 aliphatic heterocycles. The fourth-order valence-corrected chi connectivity index (χ4v) is 3.55. The average Bonchev–Trinajstić information content (AvgIpc) is 2.88. The molecule has 1 aromatic rings. The molecule has 20 heavy (non-hydrogen) atoms. The highest BCUT2D eigenvalue weighted by Crippen LogP contribution is 2.25. The van der Waals surface area contributed by atoms with Gasteiger partial charge >= 0.3 is 0 Å². The first-order valence-corrected chi connectivity index (χ1v) is 8.75. The van der Waals surface area contributed by atoms with Crippen molar-refractivity contribution in [2.24, 2.45) is 5.92 Å². The maximum absolute atomic E-state index is 4.74. The van der Waals surface area contributed by atoms with Crippen molar-refractivity contribution >= 4 is 11.3 Å². The summed E-state index contributed by atoms with van der Waals surface area (Å²) < 4.78 is 0. The second kappa shape index (κ2) is 7.01. The van der Waals surface area contributed by atoms with E-state index in [9.17, 15) is 0 Å². The molecule has 1 aliphatic rings. The van der Waals surface area contributed by atoms with Crippen LogP contribution in [-0.2, 0) is 12.0 Å². The van der Waals surface area contributed by atoms with Crippen LogP contribution in [0.5, 0.6) is 0 Å². The molecule has 0 amide bonds. The molecule has 0 bridgehead atoms. The molecule has 3 nitrogen and oxygen atoms in total. The van der Waals surface area contributed by atoms with Gasteiger partial charge in [0.2, 0.25) is 0 Å². The van der Waals surface area contributed by atoms with E-state index in [2.05, 4.69) is 43.3 Å². The molecular formula is C16H29N3S. The molecule has 1 saturated heterocycles. The SMILES string of the molecule is CCN1CCC(CNCc2csc(C(C)(C)C)n2)CC1. The van der Waals surface area contributed by atoms with E-state index in [1.807, 2.05) is 0 Å². The Labute approximate surface area is 127 Å². The Kier molecular flexibility index (Phi) is 5.58. The van der Waals surface area contributed by atoms with Crippen molar-refractivity contribution in [2.45, 2.75) is 52.5 Å². The normalized spacial score (nSPS) is 18.6. The minimum atomic E-state index is 0.176. The maximum atomic E-state index is 4.74. The van der Waals surface area contributed by atoms with E-state index < -0.39 is 0 Å². The van der Waals surface area contributed by atoms with Crippen LogP contribution in [0.4, 0.5) is 0 Å². The zero-order valence-electron chi connectivity index (χ0n) is 13.4. The second-order valence-electron chi connectivity index (χ2n) is 6.90. The van der Waals surface area contributed by atoms with E-state index in [0.29, 0.717) is 0 Å². The Morgan fingerprint density at radius 1 is 1.35 bits per heavy atom. The van der Waals surface area contributed by atoms with Gasteiger partial charge in [0.05, 0.1) is 10.7 Å². The van der Waals surface area contributed by atoms with Crippen LogP contribution in [0.3, 0.4) is 0 Å². The largest absolute Gasteiger partial charge is 0.311 e. The van der Waals surface area contributed by atoms with Crippen molar-refractivity contribution in [3.8, 4) is 0 Å². The van der Waals surface area contributed by atoms with Gasteiger partial charge in [0.1, 0.15) is 0 Å². The first-order chi connectivity index (χ1) is 9.49. The summed E-state index contributed by atoms with van der Waals surface area (Å²) in [6.07, 6.45) is 2.68. The molecule has 0 spiro atoms. The Hall–Kier alpha value is -0.450. The summed E-state index contributed by atoms with van der Waals surface area (Å²) in [5.74, 6) is 0.846. The summed E-state index contributed by atoms with van der Waals surface area (Å²) >= 11 is 1.79. The molecular weight excluding hydrogens is 266 g/mol. The van der Waals surface area contributed by atoms with Crippen LogP contribution in [0.25, 0.3) is 0 Å². The minimum Gasteiger partial charge on any atom is -0.311 e. The van der Waals surface area contributed by atoms with Crippen molar-refractivity contribution < 1.29 is 0 Å². The Morgan fingerprint density at radius 3 is 2.60 bits per heavy atom. The third-order valence-electron chi connectivity index (χ3n) is 4.09. The van der Waals surface area contributed by atoms with Gasteiger partial charge in [-0.3, -0.25) is 0 Å². The molecule has 0 saturated carbocycles.